The smallest absolute Gasteiger partial charge is 0.118 e. The van der Waals surface area contributed by atoms with Gasteiger partial charge in [-0.1, -0.05) is 165 Å². The Labute approximate surface area is 306 Å². The Hall–Kier alpha value is -6.16. The van der Waals surface area contributed by atoms with Crippen LogP contribution in [0.4, 0.5) is 0 Å². The Bertz CT molecular complexity index is 2460. The van der Waals surface area contributed by atoms with Crippen molar-refractivity contribution in [3.05, 3.63) is 205 Å². The summed E-state index contributed by atoms with van der Waals surface area (Å²) in [6.45, 7) is 4.92. The van der Waals surface area contributed by atoms with Crippen molar-refractivity contribution >= 4 is 51.2 Å². The number of fused-ring (bicyclic) bond motifs is 2. The number of aromatic nitrogens is 2. The third-order valence-corrected chi connectivity index (χ3v) is 15.6. The normalized spacial score (nSPS) is 14.0. The average Bonchev–Trinajstić information content (AvgIpc) is 3.50. The van der Waals surface area contributed by atoms with Crippen molar-refractivity contribution < 1.29 is 0 Å². The lowest BCUT2D eigenvalue weighted by atomic mass is 9.89. The summed E-state index contributed by atoms with van der Waals surface area (Å²) >= 11 is 0. The largest absolute Gasteiger partial charge is 0.256 e. The van der Waals surface area contributed by atoms with Gasteiger partial charge in [-0.25, -0.2) is 0 Å². The number of benzene rings is 6. The minimum Gasteiger partial charge on any atom is -0.256 e. The van der Waals surface area contributed by atoms with Gasteiger partial charge in [-0.2, -0.15) is 0 Å². The highest BCUT2D eigenvalue weighted by molar-refractivity contribution is 7.13. The molecule has 0 atom stereocenters. The minimum absolute atomic E-state index is 0.985. The average molecular weight is 683 g/mol. The van der Waals surface area contributed by atoms with Crippen LogP contribution in [-0.2, 0) is 0 Å². The van der Waals surface area contributed by atoms with Crippen LogP contribution in [0.2, 0.25) is 12.6 Å². The first-order chi connectivity index (χ1) is 25.6. The first kappa shape index (κ1) is 31.8. The van der Waals surface area contributed by atoms with E-state index in [1.54, 1.807) is 0 Å². The Morgan fingerprint density at radius 3 is 1.15 bits per heavy atom. The van der Waals surface area contributed by atoms with Gasteiger partial charge in [0.05, 0.1) is 11.4 Å². The second kappa shape index (κ2) is 13.2. The monoisotopic (exact) mass is 682 g/mol. The molecular weight excluding hydrogens is 645 g/mol. The summed E-state index contributed by atoms with van der Waals surface area (Å²) in [5, 5.41) is 7.80. The molecule has 1 aliphatic rings. The molecule has 0 fully saturated rings. The quantitative estimate of drug-likeness (QED) is 0.156. The molecule has 2 nitrogen and oxygen atoms in total. The molecule has 3 heterocycles. The van der Waals surface area contributed by atoms with E-state index < -0.39 is 8.07 Å². The Kier molecular flexibility index (Phi) is 8.06. The third-order valence-electron chi connectivity index (χ3n) is 10.9. The summed E-state index contributed by atoms with van der Waals surface area (Å²) in [4.78, 5) is 10.3. The molecule has 1 aliphatic heterocycles. The number of hydrogen-bond donors (Lipinski definition) is 0. The maximum atomic E-state index is 5.15. The van der Waals surface area contributed by atoms with E-state index in [9.17, 15) is 0 Å². The van der Waals surface area contributed by atoms with Gasteiger partial charge in [0.1, 0.15) is 8.07 Å². The van der Waals surface area contributed by atoms with E-state index in [1.807, 2.05) is 0 Å². The lowest BCUT2D eigenvalue weighted by molar-refractivity contribution is 1.30. The van der Waals surface area contributed by atoms with Crippen molar-refractivity contribution in [1.29, 1.82) is 0 Å². The maximum Gasteiger partial charge on any atom is 0.118 e. The lowest BCUT2D eigenvalue weighted by Gasteiger charge is -2.29. The van der Waals surface area contributed by atoms with Gasteiger partial charge < -0.3 is 0 Å². The highest BCUT2D eigenvalue weighted by Gasteiger charge is 2.46. The van der Waals surface area contributed by atoms with E-state index in [-0.39, 0.29) is 0 Å². The molecule has 248 valence electrons. The second-order valence-corrected chi connectivity index (χ2v) is 18.3. The van der Waals surface area contributed by atoms with Crippen molar-refractivity contribution in [2.45, 2.75) is 19.5 Å². The van der Waals surface area contributed by atoms with Crippen LogP contribution in [0.5, 0.6) is 0 Å². The molecule has 52 heavy (non-hydrogen) atoms. The second-order valence-electron chi connectivity index (χ2n) is 13.9. The van der Waals surface area contributed by atoms with Gasteiger partial charge in [-0.15, -0.1) is 0 Å². The first-order valence-corrected chi connectivity index (χ1v) is 20.8. The van der Waals surface area contributed by atoms with E-state index in [2.05, 4.69) is 196 Å². The predicted molar refractivity (Wildman–Crippen MR) is 223 cm³/mol. The topological polar surface area (TPSA) is 25.8 Å². The van der Waals surface area contributed by atoms with Crippen LogP contribution in [0.25, 0.3) is 65.6 Å². The van der Waals surface area contributed by atoms with Crippen LogP contribution in [0, 0.1) is 0 Å². The highest BCUT2D eigenvalue weighted by Crippen LogP contribution is 2.56. The zero-order valence-corrected chi connectivity index (χ0v) is 30.4. The van der Waals surface area contributed by atoms with Gasteiger partial charge in [-0.05, 0) is 89.6 Å². The standard InChI is InChI=1S/C49H38N2Si/c1-3-52(2)48(42-26-28-44(50-32-42)40-24-22-34-14-10-12-20-38(34)30-40)46(36-16-6-4-7-17-36)47(37-18-8-5-9-19-37)49(52)43-27-29-45(51-33-43)41-25-23-35-15-11-13-21-39(35)31-41/h4-33H,3H2,1-2H3. The molecule has 0 radical (unpaired) electrons. The van der Waals surface area contributed by atoms with Gasteiger partial charge >= 0.3 is 0 Å². The highest BCUT2D eigenvalue weighted by atomic mass is 28.3. The summed E-state index contributed by atoms with van der Waals surface area (Å²) in [6.07, 6.45) is 4.24. The summed E-state index contributed by atoms with van der Waals surface area (Å²) in [5.41, 5.74) is 11.7. The van der Waals surface area contributed by atoms with Gasteiger partial charge in [0, 0.05) is 23.5 Å². The Morgan fingerprint density at radius 2 is 0.769 bits per heavy atom. The van der Waals surface area contributed by atoms with Crippen molar-refractivity contribution in [3.8, 4) is 22.5 Å². The van der Waals surface area contributed by atoms with E-state index >= 15 is 0 Å². The third kappa shape index (κ3) is 5.51. The van der Waals surface area contributed by atoms with E-state index in [1.165, 1.54) is 65.3 Å². The molecule has 9 rings (SSSR count). The van der Waals surface area contributed by atoms with Crippen molar-refractivity contribution in [2.75, 3.05) is 0 Å². The summed E-state index contributed by atoms with van der Waals surface area (Å²) in [6, 6.07) is 62.3. The van der Waals surface area contributed by atoms with Crippen molar-refractivity contribution in [2.24, 2.45) is 0 Å². The summed E-state index contributed by atoms with van der Waals surface area (Å²) < 4.78 is 0. The molecule has 0 saturated carbocycles. The van der Waals surface area contributed by atoms with Crippen molar-refractivity contribution in [1.82, 2.24) is 9.97 Å². The Morgan fingerprint density at radius 1 is 0.385 bits per heavy atom. The molecule has 0 bridgehead atoms. The van der Waals surface area contributed by atoms with Gasteiger partial charge in [0.2, 0.25) is 0 Å². The van der Waals surface area contributed by atoms with Crippen LogP contribution in [0.15, 0.2) is 182 Å². The molecule has 6 aromatic carbocycles. The molecule has 0 saturated heterocycles. The van der Waals surface area contributed by atoms with Crippen LogP contribution >= 0.6 is 0 Å². The zero-order chi connectivity index (χ0) is 35.1. The summed E-state index contributed by atoms with van der Waals surface area (Å²) in [5.74, 6) is 0. The molecule has 0 spiro atoms. The number of nitrogens with zero attached hydrogens (tertiary/aromatic N) is 2. The van der Waals surface area contributed by atoms with Crippen LogP contribution < -0.4 is 0 Å². The van der Waals surface area contributed by atoms with Crippen molar-refractivity contribution in [3.63, 3.8) is 0 Å². The number of pyridine rings is 2. The number of hydrogen-bond acceptors (Lipinski definition) is 2. The Balaban J connectivity index is 1.21. The zero-order valence-electron chi connectivity index (χ0n) is 29.4. The molecule has 8 aromatic rings. The molecule has 3 heteroatoms. The molecule has 0 unspecified atom stereocenters. The SMILES string of the molecule is CC[Si]1(C)C(c2ccc(-c3ccc4ccccc4c3)nc2)=C(c2ccccc2)C(c2ccccc2)=C1c1ccc(-c2ccc3ccccc3c2)nc1. The molecule has 2 aromatic heterocycles. The van der Waals surface area contributed by atoms with E-state index in [0.717, 1.165) is 28.6 Å². The summed E-state index contributed by atoms with van der Waals surface area (Å²) in [7, 11) is -2.38. The van der Waals surface area contributed by atoms with E-state index in [4.69, 9.17) is 9.97 Å². The van der Waals surface area contributed by atoms with Gasteiger partial charge in [-0.3, -0.25) is 9.97 Å². The fraction of sp³-hybridized carbons (Fsp3) is 0.0612. The van der Waals surface area contributed by atoms with Crippen LogP contribution in [-0.4, -0.2) is 18.0 Å². The van der Waals surface area contributed by atoms with Crippen LogP contribution in [0.1, 0.15) is 29.2 Å². The number of allylic oxidation sites excluding steroid dienone is 2. The minimum atomic E-state index is -2.38. The van der Waals surface area contributed by atoms with Gasteiger partial charge in [0.25, 0.3) is 0 Å². The fourth-order valence-corrected chi connectivity index (χ4v) is 12.3. The molecule has 0 aliphatic carbocycles. The maximum absolute atomic E-state index is 5.15. The molecule has 0 N–H and O–H groups in total. The number of rotatable bonds is 7. The van der Waals surface area contributed by atoms with E-state index in [0.29, 0.717) is 0 Å². The first-order valence-electron chi connectivity index (χ1n) is 18.1. The fourth-order valence-electron chi connectivity index (χ4n) is 8.12. The van der Waals surface area contributed by atoms with Crippen LogP contribution in [0.3, 0.4) is 0 Å². The molecule has 0 amide bonds. The predicted octanol–water partition coefficient (Wildman–Crippen LogP) is 12.8. The van der Waals surface area contributed by atoms with Gasteiger partial charge in [0.15, 0.2) is 0 Å². The lowest BCUT2D eigenvalue weighted by Crippen LogP contribution is -2.32. The molecular formula is C49H38N2Si.